The molecule has 1 amide bonds. The van der Waals surface area contributed by atoms with E-state index in [9.17, 15) is 9.90 Å². The highest BCUT2D eigenvalue weighted by atomic mass is 16.5. The predicted octanol–water partition coefficient (Wildman–Crippen LogP) is 1.88. The number of benzene rings is 1. The highest BCUT2D eigenvalue weighted by Gasteiger charge is 2.24. The fourth-order valence-corrected chi connectivity index (χ4v) is 2.26. The molecular weight excluding hydrogens is 230 g/mol. The van der Waals surface area contributed by atoms with Crippen molar-refractivity contribution in [3.63, 3.8) is 0 Å². The van der Waals surface area contributed by atoms with E-state index in [-0.39, 0.29) is 12.5 Å². The molecule has 4 nitrogen and oxygen atoms in total. The molecule has 1 aliphatic rings. The van der Waals surface area contributed by atoms with Gasteiger partial charge in [-0.05, 0) is 25.8 Å². The number of aliphatic hydroxyl groups excluding tert-OH is 1. The number of hydrogen-bond acceptors (Lipinski definition) is 3. The Morgan fingerprint density at radius 3 is 3.06 bits per heavy atom. The SMILES string of the molecule is CCOCC(=O)N1CCCC(O)c2ccccc21. The van der Waals surface area contributed by atoms with E-state index in [4.69, 9.17) is 4.74 Å². The zero-order valence-electron chi connectivity index (χ0n) is 10.6. The Morgan fingerprint density at radius 1 is 1.50 bits per heavy atom. The van der Waals surface area contributed by atoms with E-state index >= 15 is 0 Å². The van der Waals surface area contributed by atoms with Crippen LogP contribution in [0.4, 0.5) is 5.69 Å². The van der Waals surface area contributed by atoms with Crippen LogP contribution in [0.25, 0.3) is 0 Å². The van der Waals surface area contributed by atoms with Gasteiger partial charge in [0.1, 0.15) is 6.61 Å². The summed E-state index contributed by atoms with van der Waals surface area (Å²) in [6.07, 6.45) is 1.01. The van der Waals surface area contributed by atoms with Crippen molar-refractivity contribution >= 4 is 11.6 Å². The molecule has 0 spiro atoms. The lowest BCUT2D eigenvalue weighted by atomic mass is 10.0. The van der Waals surface area contributed by atoms with Crippen molar-refractivity contribution in [2.24, 2.45) is 0 Å². The van der Waals surface area contributed by atoms with E-state index in [1.54, 1.807) is 4.90 Å². The van der Waals surface area contributed by atoms with Crippen molar-refractivity contribution in [1.29, 1.82) is 0 Å². The van der Waals surface area contributed by atoms with E-state index in [0.717, 1.165) is 17.7 Å². The lowest BCUT2D eigenvalue weighted by Crippen LogP contribution is -2.34. The number of ether oxygens (including phenoxy) is 1. The molecule has 1 atom stereocenters. The van der Waals surface area contributed by atoms with Crippen LogP contribution in [0.1, 0.15) is 31.4 Å². The molecule has 1 unspecified atom stereocenters. The standard InChI is InChI=1S/C14H19NO3/c1-2-18-10-14(17)15-9-5-8-13(16)11-6-3-4-7-12(11)15/h3-4,6-7,13,16H,2,5,8-10H2,1H3. The zero-order chi connectivity index (χ0) is 13.0. The molecule has 1 aromatic rings. The number of carbonyl (C=O) groups is 1. The van der Waals surface area contributed by atoms with Gasteiger partial charge in [0.05, 0.1) is 6.10 Å². The highest BCUT2D eigenvalue weighted by molar-refractivity contribution is 5.95. The van der Waals surface area contributed by atoms with Crippen molar-refractivity contribution in [1.82, 2.24) is 0 Å². The molecule has 1 heterocycles. The second-order valence-electron chi connectivity index (χ2n) is 4.40. The number of nitrogens with zero attached hydrogens (tertiary/aromatic N) is 1. The largest absolute Gasteiger partial charge is 0.388 e. The second-order valence-corrected chi connectivity index (χ2v) is 4.40. The van der Waals surface area contributed by atoms with Crippen molar-refractivity contribution < 1.29 is 14.6 Å². The highest BCUT2D eigenvalue weighted by Crippen LogP contribution is 2.32. The van der Waals surface area contributed by atoms with E-state index in [1.807, 2.05) is 31.2 Å². The fourth-order valence-electron chi connectivity index (χ4n) is 2.26. The van der Waals surface area contributed by atoms with E-state index in [2.05, 4.69) is 0 Å². The number of rotatable bonds is 3. The van der Waals surface area contributed by atoms with Crippen LogP contribution in [0.2, 0.25) is 0 Å². The third-order valence-corrected chi connectivity index (χ3v) is 3.18. The van der Waals surface area contributed by atoms with Gasteiger partial charge in [-0.3, -0.25) is 4.79 Å². The van der Waals surface area contributed by atoms with Crippen molar-refractivity contribution in [3.05, 3.63) is 29.8 Å². The minimum absolute atomic E-state index is 0.0431. The van der Waals surface area contributed by atoms with E-state index in [1.165, 1.54) is 0 Å². The van der Waals surface area contributed by atoms with Gasteiger partial charge in [-0.15, -0.1) is 0 Å². The molecular formula is C14H19NO3. The van der Waals surface area contributed by atoms with Crippen LogP contribution in [0.5, 0.6) is 0 Å². The van der Waals surface area contributed by atoms with Gasteiger partial charge in [-0.2, -0.15) is 0 Å². The van der Waals surface area contributed by atoms with E-state index < -0.39 is 6.10 Å². The predicted molar refractivity (Wildman–Crippen MR) is 69.5 cm³/mol. The van der Waals surface area contributed by atoms with Crippen molar-refractivity contribution in [2.75, 3.05) is 24.7 Å². The molecule has 0 radical (unpaired) electrons. The van der Waals surface area contributed by atoms with E-state index in [0.29, 0.717) is 19.6 Å². The monoisotopic (exact) mass is 249 g/mol. The van der Waals surface area contributed by atoms with Crippen LogP contribution in [-0.2, 0) is 9.53 Å². The van der Waals surface area contributed by atoms with Gasteiger partial charge >= 0.3 is 0 Å². The molecule has 0 bridgehead atoms. The molecule has 98 valence electrons. The number of para-hydroxylation sites is 1. The molecule has 0 aromatic heterocycles. The third kappa shape index (κ3) is 2.71. The minimum atomic E-state index is -0.480. The Kier molecular flexibility index (Phi) is 4.33. The first-order valence-corrected chi connectivity index (χ1v) is 6.39. The van der Waals surface area contributed by atoms with Gasteiger partial charge in [0, 0.05) is 24.4 Å². The van der Waals surface area contributed by atoms with Crippen molar-refractivity contribution in [3.8, 4) is 0 Å². The molecule has 0 saturated carbocycles. The first-order chi connectivity index (χ1) is 8.74. The second kappa shape index (κ2) is 5.98. The van der Waals surface area contributed by atoms with Gasteiger partial charge in [-0.1, -0.05) is 18.2 Å². The van der Waals surface area contributed by atoms with Gasteiger partial charge in [0.2, 0.25) is 0 Å². The summed E-state index contributed by atoms with van der Waals surface area (Å²) in [6.45, 7) is 3.14. The van der Waals surface area contributed by atoms with Crippen molar-refractivity contribution in [2.45, 2.75) is 25.9 Å². The molecule has 1 aromatic carbocycles. The molecule has 0 aliphatic carbocycles. The Balaban J connectivity index is 2.25. The first kappa shape index (κ1) is 13.1. The first-order valence-electron chi connectivity index (χ1n) is 6.39. The Hall–Kier alpha value is -1.39. The topological polar surface area (TPSA) is 49.8 Å². The van der Waals surface area contributed by atoms with Gasteiger partial charge in [0.15, 0.2) is 0 Å². The normalized spacial score (nSPS) is 19.2. The molecule has 0 fully saturated rings. The quantitative estimate of drug-likeness (QED) is 0.890. The average Bonchev–Trinajstić information content (AvgIpc) is 2.56. The van der Waals surface area contributed by atoms with Gasteiger partial charge < -0.3 is 14.7 Å². The number of anilines is 1. The summed E-state index contributed by atoms with van der Waals surface area (Å²) in [5, 5.41) is 10.0. The molecule has 1 N–H and O–H groups in total. The minimum Gasteiger partial charge on any atom is -0.388 e. The van der Waals surface area contributed by atoms with Crippen LogP contribution < -0.4 is 4.90 Å². The molecule has 1 aliphatic heterocycles. The van der Waals surface area contributed by atoms with Crippen LogP contribution in [0.15, 0.2) is 24.3 Å². The summed E-state index contributed by atoms with van der Waals surface area (Å²) in [5.41, 5.74) is 1.65. The number of carbonyl (C=O) groups excluding carboxylic acids is 1. The Morgan fingerprint density at radius 2 is 2.28 bits per heavy atom. The van der Waals surface area contributed by atoms with Crippen LogP contribution in [-0.4, -0.2) is 30.8 Å². The van der Waals surface area contributed by atoms with Crippen LogP contribution in [0, 0.1) is 0 Å². The van der Waals surface area contributed by atoms with Gasteiger partial charge in [-0.25, -0.2) is 0 Å². The summed E-state index contributed by atoms with van der Waals surface area (Å²) in [6, 6.07) is 7.54. The number of aliphatic hydroxyl groups is 1. The maximum Gasteiger partial charge on any atom is 0.252 e. The maximum atomic E-state index is 12.1. The van der Waals surface area contributed by atoms with Crippen LogP contribution in [0.3, 0.4) is 0 Å². The fraction of sp³-hybridized carbons (Fsp3) is 0.500. The lowest BCUT2D eigenvalue weighted by molar-refractivity contribution is -0.122. The lowest BCUT2D eigenvalue weighted by Gasteiger charge is -2.23. The summed E-state index contributed by atoms with van der Waals surface area (Å²) < 4.78 is 5.18. The number of hydrogen-bond donors (Lipinski definition) is 1. The summed E-state index contributed by atoms with van der Waals surface area (Å²) >= 11 is 0. The molecule has 2 rings (SSSR count). The Bertz CT molecular complexity index is 419. The number of amides is 1. The average molecular weight is 249 g/mol. The van der Waals surface area contributed by atoms with Gasteiger partial charge in [0.25, 0.3) is 5.91 Å². The summed E-state index contributed by atoms with van der Waals surface area (Å²) in [7, 11) is 0. The maximum absolute atomic E-state index is 12.1. The smallest absolute Gasteiger partial charge is 0.252 e. The zero-order valence-corrected chi connectivity index (χ0v) is 10.6. The Labute approximate surface area is 107 Å². The molecule has 4 heteroatoms. The van der Waals surface area contributed by atoms with Crippen LogP contribution >= 0.6 is 0 Å². The summed E-state index contributed by atoms with van der Waals surface area (Å²) in [5.74, 6) is -0.0431. The number of fused-ring (bicyclic) bond motifs is 1. The third-order valence-electron chi connectivity index (χ3n) is 3.18. The summed E-state index contributed by atoms with van der Waals surface area (Å²) in [4.78, 5) is 13.8. The molecule has 18 heavy (non-hydrogen) atoms. The molecule has 0 saturated heterocycles.